The maximum absolute atomic E-state index is 12.2. The lowest BCUT2D eigenvalue weighted by molar-refractivity contribution is -0.180. The molecule has 0 aliphatic rings. The molecule has 0 spiro atoms. The lowest BCUT2D eigenvalue weighted by Gasteiger charge is -2.34. The van der Waals surface area contributed by atoms with Gasteiger partial charge in [0.15, 0.2) is 0 Å². The van der Waals surface area contributed by atoms with Gasteiger partial charge in [0.1, 0.15) is 0 Å². The van der Waals surface area contributed by atoms with Crippen LogP contribution in [0.3, 0.4) is 0 Å². The molecule has 1 nitrogen and oxygen atoms in total. The molecule has 1 N–H and O–H groups in total. The maximum atomic E-state index is 12.2. The lowest BCUT2D eigenvalue weighted by Crippen LogP contribution is -2.51. The first kappa shape index (κ1) is 15.5. The molecule has 0 atom stereocenters. The first-order chi connectivity index (χ1) is 6.83. The summed E-state index contributed by atoms with van der Waals surface area (Å²) in [6.45, 7) is 3.95. The normalized spacial score (nSPS) is 14.6. The number of hydrogen-bond donors (Lipinski definition) is 1. The summed E-state index contributed by atoms with van der Waals surface area (Å²) in [6, 6.07) is -0.449. The quantitative estimate of drug-likeness (QED) is 0.752. The molecule has 0 bridgehead atoms. The van der Waals surface area contributed by atoms with Gasteiger partial charge in [-0.2, -0.15) is 26.3 Å². The average molecular weight is 251 g/mol. The molecule has 0 aromatic heterocycles. The molecule has 98 valence electrons. The zero-order valence-electron chi connectivity index (χ0n) is 9.26. The Morgan fingerprint density at radius 1 is 0.875 bits per heavy atom. The minimum Gasteiger partial charge on any atom is -0.309 e. The van der Waals surface area contributed by atoms with Crippen LogP contribution in [0.2, 0.25) is 0 Å². The Kier molecular flexibility index (Phi) is 4.67. The SMILES string of the molecule is CC(C)NC(C)(CC(F)(F)F)CC(F)(F)F. The molecule has 0 unspecified atom stereocenters. The van der Waals surface area contributed by atoms with Crippen molar-refractivity contribution in [3.63, 3.8) is 0 Å². The van der Waals surface area contributed by atoms with Gasteiger partial charge in [-0.15, -0.1) is 0 Å². The van der Waals surface area contributed by atoms with E-state index in [0.717, 1.165) is 6.92 Å². The number of alkyl halides is 6. The highest BCUT2D eigenvalue weighted by molar-refractivity contribution is 4.89. The summed E-state index contributed by atoms with van der Waals surface area (Å²) < 4.78 is 73.0. The van der Waals surface area contributed by atoms with E-state index in [0.29, 0.717) is 0 Å². The van der Waals surface area contributed by atoms with Gasteiger partial charge in [0.25, 0.3) is 0 Å². The van der Waals surface area contributed by atoms with E-state index in [1.54, 1.807) is 0 Å². The summed E-state index contributed by atoms with van der Waals surface area (Å²) in [5.41, 5.74) is -2.01. The second kappa shape index (κ2) is 4.81. The van der Waals surface area contributed by atoms with Crippen molar-refractivity contribution in [3.05, 3.63) is 0 Å². The molecule has 0 aliphatic carbocycles. The highest BCUT2D eigenvalue weighted by Crippen LogP contribution is 2.35. The summed E-state index contributed by atoms with van der Waals surface area (Å²) in [5.74, 6) is 0. The Morgan fingerprint density at radius 2 is 1.19 bits per heavy atom. The van der Waals surface area contributed by atoms with Gasteiger partial charge in [-0.05, 0) is 6.92 Å². The van der Waals surface area contributed by atoms with E-state index in [2.05, 4.69) is 5.32 Å². The third kappa shape index (κ3) is 7.78. The number of rotatable bonds is 4. The van der Waals surface area contributed by atoms with Crippen LogP contribution in [0.5, 0.6) is 0 Å². The largest absolute Gasteiger partial charge is 0.390 e. The van der Waals surface area contributed by atoms with Gasteiger partial charge in [-0.3, -0.25) is 0 Å². The highest BCUT2D eigenvalue weighted by atomic mass is 19.4. The van der Waals surface area contributed by atoms with E-state index in [1.807, 2.05) is 0 Å². The van der Waals surface area contributed by atoms with Crippen molar-refractivity contribution in [1.29, 1.82) is 0 Å². The fourth-order valence-electron chi connectivity index (χ4n) is 1.75. The zero-order valence-corrected chi connectivity index (χ0v) is 9.26. The fourth-order valence-corrected chi connectivity index (χ4v) is 1.75. The van der Waals surface area contributed by atoms with E-state index in [-0.39, 0.29) is 0 Å². The maximum Gasteiger partial charge on any atom is 0.390 e. The fraction of sp³-hybridized carbons (Fsp3) is 1.00. The van der Waals surface area contributed by atoms with Crippen LogP contribution in [0.4, 0.5) is 26.3 Å². The molecular weight excluding hydrogens is 236 g/mol. The van der Waals surface area contributed by atoms with Gasteiger partial charge in [-0.25, -0.2) is 0 Å². The molecule has 16 heavy (non-hydrogen) atoms. The molecule has 0 aromatic rings. The van der Waals surface area contributed by atoms with Crippen LogP contribution in [0.15, 0.2) is 0 Å². The highest BCUT2D eigenvalue weighted by Gasteiger charge is 2.46. The summed E-state index contributed by atoms with van der Waals surface area (Å²) in [6.07, 6.45) is -12.3. The molecule has 0 aromatic carbocycles. The van der Waals surface area contributed by atoms with Gasteiger partial charge >= 0.3 is 12.4 Å². The molecule has 0 saturated heterocycles. The molecule has 7 heteroatoms. The van der Waals surface area contributed by atoms with Crippen LogP contribution in [0, 0.1) is 0 Å². The summed E-state index contributed by atoms with van der Waals surface area (Å²) in [7, 11) is 0. The standard InChI is InChI=1S/C9H15F6N/c1-6(2)16-7(3,4-8(10,11)12)5-9(13,14)15/h6,16H,4-5H2,1-3H3. The van der Waals surface area contributed by atoms with E-state index in [9.17, 15) is 26.3 Å². The number of hydrogen-bond acceptors (Lipinski definition) is 1. The Morgan fingerprint density at radius 3 is 1.38 bits per heavy atom. The van der Waals surface area contributed by atoms with Crippen LogP contribution in [-0.2, 0) is 0 Å². The Labute approximate surface area is 90.2 Å². The van der Waals surface area contributed by atoms with Crippen molar-refractivity contribution >= 4 is 0 Å². The first-order valence-corrected chi connectivity index (χ1v) is 4.74. The molecule has 0 aliphatic heterocycles. The van der Waals surface area contributed by atoms with Crippen molar-refractivity contribution in [1.82, 2.24) is 5.32 Å². The summed E-state index contributed by atoms with van der Waals surface area (Å²) in [4.78, 5) is 0. The van der Waals surface area contributed by atoms with Crippen molar-refractivity contribution in [3.8, 4) is 0 Å². The summed E-state index contributed by atoms with van der Waals surface area (Å²) in [5, 5.41) is 2.33. The molecule has 0 radical (unpaired) electrons. The smallest absolute Gasteiger partial charge is 0.309 e. The van der Waals surface area contributed by atoms with E-state index >= 15 is 0 Å². The van der Waals surface area contributed by atoms with Crippen molar-refractivity contribution in [2.75, 3.05) is 0 Å². The van der Waals surface area contributed by atoms with Crippen LogP contribution in [-0.4, -0.2) is 23.9 Å². The van der Waals surface area contributed by atoms with Crippen molar-refractivity contribution in [2.45, 2.75) is 57.5 Å². The van der Waals surface area contributed by atoms with Crippen molar-refractivity contribution < 1.29 is 26.3 Å². The predicted molar refractivity (Wildman–Crippen MR) is 48.0 cm³/mol. The topological polar surface area (TPSA) is 12.0 Å². The predicted octanol–water partition coefficient (Wildman–Crippen LogP) is 3.65. The monoisotopic (exact) mass is 251 g/mol. The third-order valence-electron chi connectivity index (χ3n) is 1.82. The second-order valence-corrected chi connectivity index (χ2v) is 4.44. The minimum absolute atomic E-state index is 0.449. The first-order valence-electron chi connectivity index (χ1n) is 4.74. The Balaban J connectivity index is 4.75. The molecule has 0 heterocycles. The minimum atomic E-state index is -4.62. The van der Waals surface area contributed by atoms with Crippen molar-refractivity contribution in [2.24, 2.45) is 0 Å². The Hall–Kier alpha value is -0.460. The molecule has 0 amide bonds. The van der Waals surface area contributed by atoms with Crippen LogP contribution < -0.4 is 5.32 Å². The van der Waals surface area contributed by atoms with Crippen LogP contribution in [0.25, 0.3) is 0 Å². The van der Waals surface area contributed by atoms with E-state index in [1.165, 1.54) is 13.8 Å². The second-order valence-electron chi connectivity index (χ2n) is 4.44. The van der Waals surface area contributed by atoms with E-state index < -0.39 is 36.8 Å². The van der Waals surface area contributed by atoms with Gasteiger partial charge in [-0.1, -0.05) is 13.8 Å². The average Bonchev–Trinajstić information content (AvgIpc) is 1.69. The Bertz CT molecular complexity index is 201. The van der Waals surface area contributed by atoms with Gasteiger partial charge in [0.2, 0.25) is 0 Å². The van der Waals surface area contributed by atoms with Crippen LogP contribution >= 0.6 is 0 Å². The van der Waals surface area contributed by atoms with Gasteiger partial charge in [0, 0.05) is 11.6 Å². The molecule has 0 saturated carbocycles. The molecule has 0 fully saturated rings. The van der Waals surface area contributed by atoms with Gasteiger partial charge in [0.05, 0.1) is 12.8 Å². The van der Waals surface area contributed by atoms with Gasteiger partial charge < -0.3 is 5.32 Å². The zero-order chi connectivity index (χ0) is 13.2. The third-order valence-corrected chi connectivity index (χ3v) is 1.82. The molecular formula is C9H15F6N. The van der Waals surface area contributed by atoms with Crippen LogP contribution in [0.1, 0.15) is 33.6 Å². The number of halogens is 6. The molecule has 0 rings (SSSR count). The summed E-state index contributed by atoms with van der Waals surface area (Å²) >= 11 is 0. The lowest BCUT2D eigenvalue weighted by atomic mass is 9.92. The van der Waals surface area contributed by atoms with E-state index in [4.69, 9.17) is 0 Å². The number of nitrogens with one attached hydrogen (secondary N) is 1.